The Morgan fingerprint density at radius 3 is 2.38 bits per heavy atom. The maximum absolute atomic E-state index is 11.6. The lowest BCUT2D eigenvalue weighted by Gasteiger charge is -2.19. The zero-order valence-electron chi connectivity index (χ0n) is 12.8. The molecular formula is C14H26Cl2N4O. The topological polar surface area (TPSA) is 71.2 Å². The van der Waals surface area contributed by atoms with Crippen molar-refractivity contribution in [3.63, 3.8) is 0 Å². The first-order valence-electron chi connectivity index (χ1n) is 6.80. The van der Waals surface area contributed by atoms with Crippen LogP contribution in [-0.4, -0.2) is 30.5 Å². The average molecular weight is 337 g/mol. The molecule has 0 aliphatic carbocycles. The van der Waals surface area contributed by atoms with Crippen molar-refractivity contribution in [2.45, 2.75) is 27.3 Å². The van der Waals surface area contributed by atoms with E-state index in [-0.39, 0.29) is 36.6 Å². The van der Waals surface area contributed by atoms with Gasteiger partial charge in [0.05, 0.1) is 0 Å². The van der Waals surface area contributed by atoms with Gasteiger partial charge in [0.2, 0.25) is 5.91 Å². The summed E-state index contributed by atoms with van der Waals surface area (Å²) in [6.45, 7) is 8.76. The van der Waals surface area contributed by atoms with E-state index in [2.05, 4.69) is 29.0 Å². The van der Waals surface area contributed by atoms with Gasteiger partial charge in [-0.15, -0.1) is 24.8 Å². The fourth-order valence-corrected chi connectivity index (χ4v) is 1.73. The Balaban J connectivity index is 0. The minimum Gasteiger partial charge on any atom is -0.357 e. The predicted molar refractivity (Wildman–Crippen MR) is 92.4 cm³/mol. The molecule has 1 atom stereocenters. The molecule has 122 valence electrons. The van der Waals surface area contributed by atoms with Crippen LogP contribution in [-0.2, 0) is 11.3 Å². The van der Waals surface area contributed by atoms with Crippen LogP contribution >= 0.6 is 24.8 Å². The highest BCUT2D eigenvalue weighted by Crippen LogP contribution is 2.10. The number of aromatic nitrogens is 1. The minimum atomic E-state index is -0.150. The monoisotopic (exact) mass is 336 g/mol. The summed E-state index contributed by atoms with van der Waals surface area (Å²) in [5.74, 6) is 0.800. The number of rotatable bonds is 7. The van der Waals surface area contributed by atoms with E-state index in [1.807, 2.05) is 19.1 Å². The molecule has 0 fully saturated rings. The summed E-state index contributed by atoms with van der Waals surface area (Å²) in [6, 6.07) is 3.98. The summed E-state index contributed by atoms with van der Waals surface area (Å²) in [5.41, 5.74) is 6.44. The van der Waals surface area contributed by atoms with Crippen LogP contribution in [0.5, 0.6) is 0 Å². The van der Waals surface area contributed by atoms with Crippen LogP contribution in [0.3, 0.4) is 0 Å². The summed E-state index contributed by atoms with van der Waals surface area (Å²) in [7, 11) is 0. The lowest BCUT2D eigenvalue weighted by atomic mass is 10.1. The number of nitrogens with zero attached hydrogens (tertiary/aromatic N) is 2. The molecule has 7 heteroatoms. The highest BCUT2D eigenvalue weighted by atomic mass is 35.5. The maximum atomic E-state index is 11.6. The Morgan fingerprint density at radius 2 is 1.95 bits per heavy atom. The number of hydrogen-bond donors (Lipinski definition) is 2. The molecule has 0 aromatic carbocycles. The quantitative estimate of drug-likeness (QED) is 0.798. The number of anilines is 1. The number of nitrogens with two attached hydrogens (primary N) is 1. The van der Waals surface area contributed by atoms with Crippen LogP contribution in [0.25, 0.3) is 0 Å². The molecule has 1 aromatic rings. The molecule has 0 saturated carbocycles. The molecule has 0 spiro atoms. The van der Waals surface area contributed by atoms with Crippen molar-refractivity contribution in [3.05, 3.63) is 23.9 Å². The molecule has 5 nitrogen and oxygen atoms in total. The number of carbonyl (C=O) groups excluding carboxylic acids is 1. The number of halogens is 2. The van der Waals surface area contributed by atoms with Crippen LogP contribution in [0.1, 0.15) is 26.3 Å². The summed E-state index contributed by atoms with van der Waals surface area (Å²) < 4.78 is 0. The molecule has 0 saturated heterocycles. The molecule has 0 radical (unpaired) electrons. The van der Waals surface area contributed by atoms with E-state index in [9.17, 15) is 4.79 Å². The Hall–Kier alpha value is -1.04. The standard InChI is InChI=1S/C14H24N4O.2ClH/c1-4-18(5-2)13-7-6-12(9-16-13)10-17-14(19)11(3)8-15;;/h6-7,9,11H,4-5,8,10,15H2,1-3H3,(H,17,19);2*1H. The second-order valence-corrected chi connectivity index (χ2v) is 4.55. The number of pyridine rings is 1. The van der Waals surface area contributed by atoms with Gasteiger partial charge in [-0.25, -0.2) is 4.98 Å². The van der Waals surface area contributed by atoms with E-state index in [4.69, 9.17) is 5.73 Å². The molecule has 1 amide bonds. The van der Waals surface area contributed by atoms with Gasteiger partial charge >= 0.3 is 0 Å². The molecule has 1 unspecified atom stereocenters. The number of amides is 1. The highest BCUT2D eigenvalue weighted by Gasteiger charge is 2.10. The van der Waals surface area contributed by atoms with E-state index < -0.39 is 0 Å². The van der Waals surface area contributed by atoms with Gasteiger partial charge in [-0.05, 0) is 25.5 Å². The zero-order valence-corrected chi connectivity index (χ0v) is 14.5. The zero-order chi connectivity index (χ0) is 14.3. The first kappa shape index (κ1) is 22.2. The second-order valence-electron chi connectivity index (χ2n) is 4.55. The normalized spacial score (nSPS) is 10.9. The largest absolute Gasteiger partial charge is 0.357 e. The molecule has 0 aliphatic heterocycles. The van der Waals surface area contributed by atoms with Crippen LogP contribution in [0.15, 0.2) is 18.3 Å². The summed E-state index contributed by atoms with van der Waals surface area (Å²) in [5, 5.41) is 2.85. The molecule has 0 aliphatic rings. The predicted octanol–water partition coefficient (Wildman–Crippen LogP) is 1.98. The molecule has 1 aromatic heterocycles. The summed E-state index contributed by atoms with van der Waals surface area (Å²) in [4.78, 5) is 18.2. The van der Waals surface area contributed by atoms with Crippen molar-refractivity contribution >= 4 is 36.5 Å². The van der Waals surface area contributed by atoms with Gasteiger partial charge < -0.3 is 16.0 Å². The number of hydrogen-bond acceptors (Lipinski definition) is 4. The Kier molecular flexibility index (Phi) is 12.3. The third kappa shape index (κ3) is 6.98. The minimum absolute atomic E-state index is 0. The van der Waals surface area contributed by atoms with Crippen molar-refractivity contribution in [3.8, 4) is 0 Å². The van der Waals surface area contributed by atoms with Gasteiger partial charge in [0.25, 0.3) is 0 Å². The van der Waals surface area contributed by atoms with Crippen molar-refractivity contribution in [2.24, 2.45) is 11.7 Å². The van der Waals surface area contributed by atoms with Crippen molar-refractivity contribution in [2.75, 3.05) is 24.5 Å². The van der Waals surface area contributed by atoms with Crippen LogP contribution in [0.2, 0.25) is 0 Å². The Bertz CT molecular complexity index is 396. The molecule has 21 heavy (non-hydrogen) atoms. The lowest BCUT2D eigenvalue weighted by molar-refractivity contribution is -0.124. The SMILES string of the molecule is CCN(CC)c1ccc(CNC(=O)C(C)CN)cn1.Cl.Cl. The fourth-order valence-electron chi connectivity index (χ4n) is 1.73. The first-order chi connectivity index (χ1) is 9.12. The van der Waals surface area contributed by atoms with Crippen molar-refractivity contribution in [1.82, 2.24) is 10.3 Å². The van der Waals surface area contributed by atoms with E-state index in [0.29, 0.717) is 13.1 Å². The van der Waals surface area contributed by atoms with E-state index >= 15 is 0 Å². The third-order valence-corrected chi connectivity index (χ3v) is 3.16. The van der Waals surface area contributed by atoms with E-state index in [1.165, 1.54) is 0 Å². The smallest absolute Gasteiger partial charge is 0.224 e. The Labute approximate surface area is 139 Å². The van der Waals surface area contributed by atoms with Crippen LogP contribution < -0.4 is 16.0 Å². The van der Waals surface area contributed by atoms with Crippen LogP contribution in [0.4, 0.5) is 5.82 Å². The van der Waals surface area contributed by atoms with E-state index in [0.717, 1.165) is 24.5 Å². The second kappa shape index (κ2) is 11.6. The van der Waals surface area contributed by atoms with E-state index in [1.54, 1.807) is 6.20 Å². The molecular weight excluding hydrogens is 311 g/mol. The molecule has 1 heterocycles. The van der Waals surface area contributed by atoms with Gasteiger partial charge in [-0.1, -0.05) is 13.0 Å². The van der Waals surface area contributed by atoms with Crippen molar-refractivity contribution < 1.29 is 4.79 Å². The van der Waals surface area contributed by atoms with Gasteiger partial charge in [-0.2, -0.15) is 0 Å². The van der Waals surface area contributed by atoms with Gasteiger partial charge in [0, 0.05) is 38.3 Å². The Morgan fingerprint density at radius 1 is 1.33 bits per heavy atom. The first-order valence-corrected chi connectivity index (χ1v) is 6.80. The fraction of sp³-hybridized carbons (Fsp3) is 0.571. The van der Waals surface area contributed by atoms with Gasteiger partial charge in [-0.3, -0.25) is 4.79 Å². The molecule has 3 N–H and O–H groups in total. The number of nitrogens with one attached hydrogen (secondary N) is 1. The summed E-state index contributed by atoms with van der Waals surface area (Å²) >= 11 is 0. The summed E-state index contributed by atoms with van der Waals surface area (Å²) in [6.07, 6.45) is 1.81. The third-order valence-electron chi connectivity index (χ3n) is 3.16. The highest BCUT2D eigenvalue weighted by molar-refractivity contribution is 5.85. The number of carbonyl (C=O) groups is 1. The van der Waals surface area contributed by atoms with Crippen molar-refractivity contribution in [1.29, 1.82) is 0 Å². The average Bonchev–Trinajstić information content (AvgIpc) is 2.46. The molecule has 0 bridgehead atoms. The van der Waals surface area contributed by atoms with Gasteiger partial charge in [0.1, 0.15) is 5.82 Å². The van der Waals surface area contributed by atoms with Crippen LogP contribution in [0, 0.1) is 5.92 Å². The lowest BCUT2D eigenvalue weighted by Crippen LogP contribution is -2.32. The van der Waals surface area contributed by atoms with Gasteiger partial charge in [0.15, 0.2) is 0 Å². The molecule has 1 rings (SSSR count). The maximum Gasteiger partial charge on any atom is 0.224 e.